The third-order valence-corrected chi connectivity index (χ3v) is 2.11. The Kier molecular flexibility index (Phi) is 3.69. The van der Waals surface area contributed by atoms with Crippen molar-refractivity contribution in [2.45, 2.75) is 13.0 Å². The molecule has 4 heteroatoms. The summed E-state index contributed by atoms with van der Waals surface area (Å²) in [5.41, 5.74) is 0.722. The van der Waals surface area contributed by atoms with Crippen LogP contribution in [0.3, 0.4) is 0 Å². The highest BCUT2D eigenvalue weighted by molar-refractivity contribution is 5.89. The monoisotopic (exact) mass is 203 g/mol. The van der Waals surface area contributed by atoms with Crippen molar-refractivity contribution in [1.82, 2.24) is 4.90 Å². The number of hydrogen-bond donors (Lipinski definition) is 1. The van der Waals surface area contributed by atoms with Gasteiger partial charge in [0.05, 0.1) is 6.07 Å². The first kappa shape index (κ1) is 11.1. The molecule has 1 unspecified atom stereocenters. The van der Waals surface area contributed by atoms with Crippen LogP contribution in [-0.2, 0) is 0 Å². The first-order valence-corrected chi connectivity index (χ1v) is 4.63. The molecule has 0 aliphatic heterocycles. The molecule has 1 atom stereocenters. The van der Waals surface area contributed by atoms with E-state index in [0.717, 1.165) is 5.69 Å². The molecule has 1 aromatic carbocycles. The number of urea groups is 1. The number of nitrogens with zero attached hydrogens (tertiary/aromatic N) is 2. The molecule has 0 aliphatic rings. The van der Waals surface area contributed by atoms with Gasteiger partial charge in [-0.2, -0.15) is 5.26 Å². The van der Waals surface area contributed by atoms with Crippen LogP contribution in [0.15, 0.2) is 30.3 Å². The molecular formula is C11H13N3O. The van der Waals surface area contributed by atoms with Crippen LogP contribution < -0.4 is 5.32 Å². The topological polar surface area (TPSA) is 56.1 Å². The number of anilines is 1. The van der Waals surface area contributed by atoms with Crippen molar-refractivity contribution in [3.63, 3.8) is 0 Å². The van der Waals surface area contributed by atoms with E-state index in [9.17, 15) is 4.79 Å². The van der Waals surface area contributed by atoms with E-state index in [-0.39, 0.29) is 6.03 Å². The first-order valence-electron chi connectivity index (χ1n) is 4.63. The Bertz CT molecular complexity index is 369. The molecule has 1 aromatic rings. The van der Waals surface area contributed by atoms with E-state index in [2.05, 4.69) is 5.32 Å². The molecule has 0 aromatic heterocycles. The third kappa shape index (κ3) is 2.99. The lowest BCUT2D eigenvalue weighted by Crippen LogP contribution is -2.37. The van der Waals surface area contributed by atoms with Gasteiger partial charge < -0.3 is 10.2 Å². The number of hydrogen-bond acceptors (Lipinski definition) is 2. The number of nitriles is 1. The molecule has 0 aliphatic carbocycles. The zero-order chi connectivity index (χ0) is 11.3. The zero-order valence-corrected chi connectivity index (χ0v) is 8.77. The van der Waals surface area contributed by atoms with Crippen LogP contribution in [0.5, 0.6) is 0 Å². The average Bonchev–Trinajstić information content (AvgIpc) is 2.28. The maximum Gasteiger partial charge on any atom is 0.322 e. The molecule has 0 saturated carbocycles. The van der Waals surface area contributed by atoms with Gasteiger partial charge in [-0.1, -0.05) is 18.2 Å². The maximum absolute atomic E-state index is 11.6. The molecule has 1 rings (SSSR count). The molecule has 0 radical (unpaired) electrons. The van der Waals surface area contributed by atoms with Gasteiger partial charge in [-0.3, -0.25) is 0 Å². The second-order valence-corrected chi connectivity index (χ2v) is 3.21. The van der Waals surface area contributed by atoms with Crippen molar-refractivity contribution in [2.24, 2.45) is 0 Å². The quantitative estimate of drug-likeness (QED) is 0.799. The number of amides is 2. The summed E-state index contributed by atoms with van der Waals surface area (Å²) in [6, 6.07) is 10.4. The van der Waals surface area contributed by atoms with Crippen molar-refractivity contribution in [3.8, 4) is 6.07 Å². The summed E-state index contributed by atoms with van der Waals surface area (Å²) in [6.45, 7) is 1.67. The molecule has 0 bridgehead atoms. The Balaban J connectivity index is 2.61. The predicted molar refractivity (Wildman–Crippen MR) is 58.3 cm³/mol. The third-order valence-electron chi connectivity index (χ3n) is 2.11. The van der Waals surface area contributed by atoms with E-state index in [0.29, 0.717) is 0 Å². The van der Waals surface area contributed by atoms with Crippen LogP contribution >= 0.6 is 0 Å². The average molecular weight is 203 g/mol. The smallest absolute Gasteiger partial charge is 0.312 e. The molecule has 0 fully saturated rings. The summed E-state index contributed by atoms with van der Waals surface area (Å²) in [5.74, 6) is 0. The van der Waals surface area contributed by atoms with Crippen molar-refractivity contribution in [2.75, 3.05) is 12.4 Å². The Morgan fingerprint density at radius 2 is 2.07 bits per heavy atom. The highest BCUT2D eigenvalue weighted by Gasteiger charge is 2.14. The summed E-state index contributed by atoms with van der Waals surface area (Å²) in [6.07, 6.45) is 0. The van der Waals surface area contributed by atoms with Gasteiger partial charge in [0.25, 0.3) is 0 Å². The normalized spacial score (nSPS) is 11.3. The Morgan fingerprint density at radius 1 is 1.47 bits per heavy atom. The van der Waals surface area contributed by atoms with E-state index in [1.54, 1.807) is 26.1 Å². The van der Waals surface area contributed by atoms with Crippen molar-refractivity contribution >= 4 is 11.7 Å². The Morgan fingerprint density at radius 3 is 2.60 bits per heavy atom. The molecule has 4 nitrogen and oxygen atoms in total. The minimum Gasteiger partial charge on any atom is -0.312 e. The fourth-order valence-corrected chi connectivity index (χ4v) is 0.996. The van der Waals surface area contributed by atoms with Crippen molar-refractivity contribution in [1.29, 1.82) is 5.26 Å². The molecule has 0 saturated heterocycles. The van der Waals surface area contributed by atoms with Gasteiger partial charge in [0.15, 0.2) is 0 Å². The number of carbonyl (C=O) groups excluding carboxylic acids is 1. The van der Waals surface area contributed by atoms with Gasteiger partial charge in [-0.25, -0.2) is 4.79 Å². The number of rotatable bonds is 2. The molecule has 15 heavy (non-hydrogen) atoms. The van der Waals surface area contributed by atoms with Crippen LogP contribution in [0, 0.1) is 11.3 Å². The van der Waals surface area contributed by atoms with E-state index < -0.39 is 6.04 Å². The van der Waals surface area contributed by atoms with E-state index >= 15 is 0 Å². The van der Waals surface area contributed by atoms with Gasteiger partial charge in [-0.05, 0) is 19.1 Å². The molecule has 78 valence electrons. The lowest BCUT2D eigenvalue weighted by molar-refractivity contribution is 0.217. The predicted octanol–water partition coefficient (Wildman–Crippen LogP) is 2.06. The fourth-order valence-electron chi connectivity index (χ4n) is 0.996. The molecular weight excluding hydrogens is 190 g/mol. The van der Waals surface area contributed by atoms with E-state index in [4.69, 9.17) is 5.26 Å². The second kappa shape index (κ2) is 5.01. The van der Waals surface area contributed by atoms with Crippen LogP contribution in [0.2, 0.25) is 0 Å². The number of benzene rings is 1. The molecule has 0 spiro atoms. The summed E-state index contributed by atoms with van der Waals surface area (Å²) >= 11 is 0. The van der Waals surface area contributed by atoms with Crippen LogP contribution in [0.4, 0.5) is 10.5 Å². The van der Waals surface area contributed by atoms with Gasteiger partial charge in [0, 0.05) is 12.7 Å². The van der Waals surface area contributed by atoms with Crippen LogP contribution in [0.25, 0.3) is 0 Å². The largest absolute Gasteiger partial charge is 0.322 e. The van der Waals surface area contributed by atoms with E-state index in [1.165, 1.54) is 4.90 Å². The van der Waals surface area contributed by atoms with E-state index in [1.807, 2.05) is 24.3 Å². The summed E-state index contributed by atoms with van der Waals surface area (Å²) in [4.78, 5) is 12.9. The number of para-hydroxylation sites is 1. The SMILES string of the molecule is CC(C#N)N(C)C(=O)Nc1ccccc1. The number of nitrogens with one attached hydrogen (secondary N) is 1. The second-order valence-electron chi connectivity index (χ2n) is 3.21. The maximum atomic E-state index is 11.6. The Labute approximate surface area is 89.1 Å². The summed E-state index contributed by atoms with van der Waals surface area (Å²) in [5, 5.41) is 11.3. The summed E-state index contributed by atoms with van der Waals surface area (Å²) < 4.78 is 0. The highest BCUT2D eigenvalue weighted by Crippen LogP contribution is 2.06. The van der Waals surface area contributed by atoms with Crippen molar-refractivity contribution in [3.05, 3.63) is 30.3 Å². The Hall–Kier alpha value is -2.02. The van der Waals surface area contributed by atoms with Gasteiger partial charge in [0.1, 0.15) is 6.04 Å². The van der Waals surface area contributed by atoms with Gasteiger partial charge in [-0.15, -0.1) is 0 Å². The fraction of sp³-hybridized carbons (Fsp3) is 0.273. The minimum absolute atomic E-state index is 0.282. The highest BCUT2D eigenvalue weighted by atomic mass is 16.2. The zero-order valence-electron chi connectivity index (χ0n) is 8.77. The first-order chi connectivity index (χ1) is 7.15. The lowest BCUT2D eigenvalue weighted by atomic mass is 10.3. The van der Waals surface area contributed by atoms with Crippen molar-refractivity contribution < 1.29 is 4.79 Å². The summed E-state index contributed by atoms with van der Waals surface area (Å²) in [7, 11) is 1.59. The minimum atomic E-state index is -0.436. The molecule has 0 heterocycles. The lowest BCUT2D eigenvalue weighted by Gasteiger charge is -2.19. The molecule has 1 N–H and O–H groups in total. The van der Waals surface area contributed by atoms with Crippen LogP contribution in [0.1, 0.15) is 6.92 Å². The standard InChI is InChI=1S/C11H13N3O/c1-9(8-12)14(2)11(15)13-10-6-4-3-5-7-10/h3-7,9H,1-2H3,(H,13,15). The van der Waals surface area contributed by atoms with Gasteiger partial charge in [0.2, 0.25) is 0 Å². The van der Waals surface area contributed by atoms with Gasteiger partial charge >= 0.3 is 6.03 Å². The molecule has 2 amide bonds. The number of carbonyl (C=O) groups is 1. The van der Waals surface area contributed by atoms with Crippen LogP contribution in [-0.4, -0.2) is 24.0 Å².